The van der Waals surface area contributed by atoms with Gasteiger partial charge in [-0.1, -0.05) is 6.92 Å². The fourth-order valence-corrected chi connectivity index (χ4v) is 9.57. The van der Waals surface area contributed by atoms with E-state index in [1.54, 1.807) is 6.20 Å². The second-order valence-electron chi connectivity index (χ2n) is 15.2. The number of nitrogens with two attached hydrogens (primary N) is 2. The van der Waals surface area contributed by atoms with E-state index < -0.39 is 57.1 Å². The van der Waals surface area contributed by atoms with Crippen molar-refractivity contribution in [3.63, 3.8) is 0 Å². The second kappa shape index (κ2) is 11.4. The molecule has 13 heteroatoms. The van der Waals surface area contributed by atoms with Gasteiger partial charge in [0.25, 0.3) is 5.92 Å². The van der Waals surface area contributed by atoms with E-state index in [1.807, 2.05) is 13.0 Å². The van der Waals surface area contributed by atoms with E-state index >= 15 is 8.78 Å². The van der Waals surface area contributed by atoms with E-state index in [-0.39, 0.29) is 53.8 Å². The number of alkyl halides is 5. The number of ether oxygens (including phenoxy) is 1. The van der Waals surface area contributed by atoms with E-state index in [2.05, 4.69) is 14.9 Å². The van der Waals surface area contributed by atoms with Crippen molar-refractivity contribution >= 4 is 22.3 Å². The quantitative estimate of drug-likeness (QED) is 0.153. The zero-order valence-electron chi connectivity index (χ0n) is 28.2. The third-order valence-corrected chi connectivity index (χ3v) is 12.1. The van der Waals surface area contributed by atoms with Crippen LogP contribution in [0.25, 0.3) is 21.9 Å². The molecule has 1 unspecified atom stereocenters. The fourth-order valence-electron chi connectivity index (χ4n) is 9.57. The maximum Gasteiger partial charge on any atom is 0.417 e. The molecular formula is C38H38F7N5O. The molecule has 0 amide bonds. The minimum absolute atomic E-state index is 0.0220. The van der Waals surface area contributed by atoms with Gasteiger partial charge in [-0.3, -0.25) is 9.88 Å². The number of nitrogens with zero attached hydrogens (tertiary/aromatic N) is 3. The number of anilines is 2. The molecule has 1 spiro atoms. The molecular weight excluding hydrogens is 675 g/mol. The van der Waals surface area contributed by atoms with Gasteiger partial charge in [0.05, 0.1) is 27.9 Å². The van der Waals surface area contributed by atoms with Gasteiger partial charge < -0.3 is 16.2 Å². The number of aromatic nitrogens is 2. The van der Waals surface area contributed by atoms with E-state index in [0.717, 1.165) is 12.5 Å². The highest BCUT2D eigenvalue weighted by Gasteiger charge is 2.77. The maximum atomic E-state index is 17.1. The van der Waals surface area contributed by atoms with Crippen LogP contribution >= 0.6 is 0 Å². The summed E-state index contributed by atoms with van der Waals surface area (Å²) in [5.74, 6) is -5.19. The number of fused-ring (bicyclic) bond motifs is 1. The predicted octanol–water partition coefficient (Wildman–Crippen LogP) is 8.93. The third-order valence-electron chi connectivity index (χ3n) is 12.1. The largest absolute Gasteiger partial charge is 0.492 e. The Balaban J connectivity index is 1.31. The molecule has 3 heterocycles. The lowest BCUT2D eigenvalue weighted by Crippen LogP contribution is -2.43. The SMILES string of the molecule is Cc1cc(N)c(F)c(-c2cc3c4c(cc(OC[C@@]56CCCN5C[C@]5(CC5(F)F)C6)cc4c2F)C([C@@H](C)c2nccnc2N)CCC3)c1C(F)(F)F. The molecule has 3 aromatic carbocycles. The summed E-state index contributed by atoms with van der Waals surface area (Å²) in [6.45, 7) is 4.17. The molecule has 4 N–H and O–H groups in total. The van der Waals surface area contributed by atoms with Crippen molar-refractivity contribution in [1.82, 2.24) is 14.9 Å². The summed E-state index contributed by atoms with van der Waals surface area (Å²) in [4.78, 5) is 10.8. The number of nitrogen functional groups attached to an aromatic ring is 2. The molecule has 1 aromatic heterocycles. The highest BCUT2D eigenvalue weighted by atomic mass is 19.4. The molecule has 6 nitrogen and oxygen atoms in total. The Morgan fingerprint density at radius 3 is 2.47 bits per heavy atom. The van der Waals surface area contributed by atoms with Gasteiger partial charge in [0, 0.05) is 47.8 Å². The van der Waals surface area contributed by atoms with Gasteiger partial charge in [0.2, 0.25) is 0 Å². The number of halogens is 7. The zero-order chi connectivity index (χ0) is 36.2. The van der Waals surface area contributed by atoms with Crippen LogP contribution in [0.4, 0.5) is 42.2 Å². The van der Waals surface area contributed by atoms with Gasteiger partial charge in [-0.25, -0.2) is 22.5 Å². The molecule has 2 saturated heterocycles. The summed E-state index contributed by atoms with van der Waals surface area (Å²) in [6.07, 6.45) is 1.23. The molecule has 51 heavy (non-hydrogen) atoms. The first kappa shape index (κ1) is 34.0. The smallest absolute Gasteiger partial charge is 0.417 e. The average Bonchev–Trinajstić information content (AvgIpc) is 3.26. The molecule has 4 atom stereocenters. The lowest BCUT2D eigenvalue weighted by molar-refractivity contribution is -0.137. The molecule has 270 valence electrons. The van der Waals surface area contributed by atoms with Gasteiger partial charge >= 0.3 is 6.18 Å². The summed E-state index contributed by atoms with van der Waals surface area (Å²) in [7, 11) is 0. The molecule has 0 bridgehead atoms. The van der Waals surface area contributed by atoms with Crippen molar-refractivity contribution < 1.29 is 35.5 Å². The van der Waals surface area contributed by atoms with Gasteiger partial charge in [0.15, 0.2) is 5.82 Å². The number of benzene rings is 3. The molecule has 2 aliphatic heterocycles. The molecule has 3 fully saturated rings. The monoisotopic (exact) mass is 713 g/mol. The molecule has 2 aliphatic carbocycles. The lowest BCUT2D eigenvalue weighted by atomic mass is 9.80. The number of aryl methyl sites for hydroxylation is 2. The van der Waals surface area contributed by atoms with Crippen molar-refractivity contribution in [2.75, 3.05) is 31.2 Å². The normalized spacial score (nSPS) is 26.0. The first-order valence-corrected chi connectivity index (χ1v) is 17.3. The summed E-state index contributed by atoms with van der Waals surface area (Å²) < 4.78 is 112. The van der Waals surface area contributed by atoms with Gasteiger partial charge in [-0.15, -0.1) is 0 Å². The van der Waals surface area contributed by atoms with Crippen LogP contribution in [0.2, 0.25) is 0 Å². The van der Waals surface area contributed by atoms with Crippen LogP contribution in [-0.4, -0.2) is 46.0 Å². The summed E-state index contributed by atoms with van der Waals surface area (Å²) >= 11 is 0. The van der Waals surface area contributed by atoms with Gasteiger partial charge in [-0.2, -0.15) is 13.2 Å². The standard InChI is InChI=1S/C38H38F7N5O/c1-19-11-27(46)32(40)29(30(19)38(43,44)45)25-12-21-5-3-6-23(20(2)33-34(47)49-9-8-48-33)24-13-22(14-26(28(21)24)31(25)39)51-18-36-7-4-10-50(36)17-35(15-36)16-37(35,41)42/h8-9,11-14,20,23H,3-7,10,15-18,46H2,1-2H3,(H2,47,49)/t20-,23?,35-,36+/m1/s1. The van der Waals surface area contributed by atoms with Crippen LogP contribution in [0.5, 0.6) is 5.75 Å². The number of hydrogen-bond donors (Lipinski definition) is 2. The third kappa shape index (κ3) is 5.23. The molecule has 1 saturated carbocycles. The first-order chi connectivity index (χ1) is 24.1. The maximum absolute atomic E-state index is 17.1. The van der Waals surface area contributed by atoms with Crippen molar-refractivity contribution in [3.05, 3.63) is 76.2 Å². The van der Waals surface area contributed by atoms with Crippen LogP contribution in [0, 0.1) is 24.0 Å². The van der Waals surface area contributed by atoms with E-state index in [1.165, 1.54) is 25.3 Å². The fraction of sp³-hybridized carbons (Fsp3) is 0.474. The first-order valence-electron chi connectivity index (χ1n) is 17.3. The van der Waals surface area contributed by atoms with E-state index in [9.17, 15) is 22.0 Å². The summed E-state index contributed by atoms with van der Waals surface area (Å²) in [5.41, 5.74) is 8.58. The average molecular weight is 714 g/mol. The number of rotatable bonds is 6. The number of hydrogen-bond acceptors (Lipinski definition) is 6. The van der Waals surface area contributed by atoms with Crippen LogP contribution in [0.15, 0.2) is 36.7 Å². The topological polar surface area (TPSA) is 90.3 Å². The van der Waals surface area contributed by atoms with Gasteiger partial charge in [-0.05, 0) is 104 Å². The Bertz CT molecular complexity index is 2090. The highest BCUT2D eigenvalue weighted by Crippen LogP contribution is 2.69. The molecule has 4 aromatic rings. The minimum Gasteiger partial charge on any atom is -0.492 e. The summed E-state index contributed by atoms with van der Waals surface area (Å²) in [6, 6.07) is 5.49. The van der Waals surface area contributed by atoms with Crippen molar-refractivity contribution in [2.24, 2.45) is 5.41 Å². The Kier molecular flexibility index (Phi) is 7.62. The van der Waals surface area contributed by atoms with Crippen molar-refractivity contribution in [2.45, 2.75) is 88.3 Å². The minimum atomic E-state index is -5.00. The Hall–Kier alpha value is -4.13. The van der Waals surface area contributed by atoms with Crippen LogP contribution in [0.3, 0.4) is 0 Å². The second-order valence-corrected chi connectivity index (χ2v) is 15.2. The lowest BCUT2D eigenvalue weighted by Gasteiger charge is -2.32. The van der Waals surface area contributed by atoms with E-state index in [0.29, 0.717) is 61.0 Å². The van der Waals surface area contributed by atoms with Crippen molar-refractivity contribution in [1.29, 1.82) is 0 Å². The Labute approximate surface area is 290 Å². The van der Waals surface area contributed by atoms with E-state index in [4.69, 9.17) is 16.2 Å². The summed E-state index contributed by atoms with van der Waals surface area (Å²) in [5, 5.41) is 0.485. The van der Waals surface area contributed by atoms with Gasteiger partial charge in [0.1, 0.15) is 24.0 Å². The predicted molar refractivity (Wildman–Crippen MR) is 180 cm³/mol. The molecule has 0 radical (unpaired) electrons. The highest BCUT2D eigenvalue weighted by molar-refractivity contribution is 5.96. The van der Waals surface area contributed by atoms with Crippen LogP contribution in [0.1, 0.15) is 85.2 Å². The van der Waals surface area contributed by atoms with Crippen LogP contribution in [-0.2, 0) is 12.6 Å². The van der Waals surface area contributed by atoms with Crippen molar-refractivity contribution in [3.8, 4) is 16.9 Å². The zero-order valence-corrected chi connectivity index (χ0v) is 28.2. The Morgan fingerprint density at radius 2 is 1.76 bits per heavy atom. The molecule has 8 rings (SSSR count). The Morgan fingerprint density at radius 1 is 1.02 bits per heavy atom. The van der Waals surface area contributed by atoms with Crippen LogP contribution < -0.4 is 16.2 Å². The molecule has 4 aliphatic rings.